The zero-order valence-electron chi connectivity index (χ0n) is 17.5. The number of carbonyl (C=O) groups is 1. The maximum Gasteiger partial charge on any atom is 0.234 e. The zero-order valence-corrected chi connectivity index (χ0v) is 17.5. The number of methoxy groups -OCH3 is 2. The number of ether oxygens (including phenoxy) is 2. The second-order valence-corrected chi connectivity index (χ2v) is 6.83. The number of benzene rings is 2. The molecule has 0 spiro atoms. The van der Waals surface area contributed by atoms with Gasteiger partial charge < -0.3 is 19.7 Å². The number of anilines is 1. The van der Waals surface area contributed by atoms with E-state index in [4.69, 9.17) is 9.47 Å². The molecule has 0 aromatic heterocycles. The van der Waals surface area contributed by atoms with Crippen molar-refractivity contribution in [1.82, 2.24) is 10.2 Å². The fourth-order valence-corrected chi connectivity index (χ4v) is 2.89. The van der Waals surface area contributed by atoms with E-state index in [1.807, 2.05) is 32.3 Å². The predicted molar refractivity (Wildman–Crippen MR) is 113 cm³/mol. The average molecular weight is 386 g/mol. The Hall–Kier alpha value is -2.73. The van der Waals surface area contributed by atoms with Crippen molar-refractivity contribution >= 4 is 11.6 Å². The van der Waals surface area contributed by atoms with Crippen LogP contribution in [0.2, 0.25) is 0 Å². The third-order valence-corrected chi connectivity index (χ3v) is 4.61. The highest BCUT2D eigenvalue weighted by molar-refractivity contribution is 5.78. The summed E-state index contributed by atoms with van der Waals surface area (Å²) >= 11 is 0. The number of rotatable bonds is 10. The molecule has 0 aliphatic carbocycles. The average Bonchev–Trinajstić information content (AvgIpc) is 2.71. The monoisotopic (exact) mass is 385 g/mol. The minimum absolute atomic E-state index is 0.00143. The zero-order chi connectivity index (χ0) is 20.5. The van der Waals surface area contributed by atoms with Crippen LogP contribution >= 0.6 is 0 Å². The summed E-state index contributed by atoms with van der Waals surface area (Å²) in [6.45, 7) is 4.43. The molecule has 2 rings (SSSR count). The molecule has 0 heterocycles. The van der Waals surface area contributed by atoms with E-state index in [1.54, 1.807) is 14.2 Å². The van der Waals surface area contributed by atoms with Gasteiger partial charge in [-0.3, -0.25) is 9.69 Å². The number of nitrogens with zero attached hydrogens (tertiary/aromatic N) is 2. The van der Waals surface area contributed by atoms with E-state index in [1.165, 1.54) is 11.3 Å². The molecular formula is C22H31N3O3. The number of hydrogen-bond acceptors (Lipinski definition) is 5. The number of carbonyl (C=O) groups excluding carboxylic acids is 1. The fraction of sp³-hybridized carbons (Fsp3) is 0.409. The Morgan fingerprint density at radius 2 is 1.61 bits per heavy atom. The lowest BCUT2D eigenvalue weighted by molar-refractivity contribution is -0.122. The second-order valence-electron chi connectivity index (χ2n) is 6.83. The van der Waals surface area contributed by atoms with Gasteiger partial charge in [0.25, 0.3) is 0 Å². The fourth-order valence-electron chi connectivity index (χ4n) is 2.89. The van der Waals surface area contributed by atoms with Crippen molar-refractivity contribution in [2.45, 2.75) is 20.0 Å². The van der Waals surface area contributed by atoms with Crippen LogP contribution in [-0.2, 0) is 17.9 Å². The first-order valence-corrected chi connectivity index (χ1v) is 9.43. The maximum atomic E-state index is 12.4. The van der Waals surface area contributed by atoms with Crippen molar-refractivity contribution in [1.29, 1.82) is 0 Å². The molecule has 0 atom stereocenters. The van der Waals surface area contributed by atoms with E-state index < -0.39 is 0 Å². The third-order valence-electron chi connectivity index (χ3n) is 4.61. The van der Waals surface area contributed by atoms with Crippen LogP contribution in [0.5, 0.6) is 11.5 Å². The Kier molecular flexibility index (Phi) is 8.14. The van der Waals surface area contributed by atoms with E-state index in [0.717, 1.165) is 18.7 Å². The van der Waals surface area contributed by atoms with Gasteiger partial charge in [-0.05, 0) is 41.9 Å². The van der Waals surface area contributed by atoms with Crippen LogP contribution in [0.25, 0.3) is 0 Å². The van der Waals surface area contributed by atoms with Crippen LogP contribution in [0, 0.1) is 0 Å². The Bertz CT molecular complexity index is 760. The minimum Gasteiger partial charge on any atom is -0.493 e. The van der Waals surface area contributed by atoms with Gasteiger partial charge in [0.2, 0.25) is 5.91 Å². The molecule has 2 aromatic rings. The van der Waals surface area contributed by atoms with E-state index in [-0.39, 0.29) is 5.91 Å². The maximum absolute atomic E-state index is 12.4. The quantitative estimate of drug-likeness (QED) is 0.682. The number of likely N-dealkylation sites (N-methyl/N-ethyl adjacent to an activating group) is 1. The Labute approximate surface area is 168 Å². The Morgan fingerprint density at radius 3 is 2.18 bits per heavy atom. The molecule has 0 unspecified atom stereocenters. The lowest BCUT2D eigenvalue weighted by Crippen LogP contribution is -2.36. The molecule has 0 aliphatic heterocycles. The Balaban J connectivity index is 1.88. The first kappa shape index (κ1) is 21.6. The molecule has 1 N–H and O–H groups in total. The highest BCUT2D eigenvalue weighted by Gasteiger charge is 2.11. The molecule has 28 heavy (non-hydrogen) atoms. The molecule has 152 valence electrons. The SMILES string of the molecule is CCN(CC(=O)NCc1ccc(OC)c(OC)c1)Cc1ccc(N(C)C)cc1. The highest BCUT2D eigenvalue weighted by Crippen LogP contribution is 2.27. The van der Waals surface area contributed by atoms with E-state index in [0.29, 0.717) is 24.6 Å². The summed E-state index contributed by atoms with van der Waals surface area (Å²) in [5.41, 5.74) is 3.33. The van der Waals surface area contributed by atoms with Gasteiger partial charge in [-0.1, -0.05) is 25.1 Å². The van der Waals surface area contributed by atoms with E-state index >= 15 is 0 Å². The topological polar surface area (TPSA) is 54.0 Å². The third kappa shape index (κ3) is 6.16. The molecule has 0 saturated heterocycles. The van der Waals surface area contributed by atoms with Crippen LogP contribution < -0.4 is 19.7 Å². The van der Waals surface area contributed by atoms with Gasteiger partial charge in [0.15, 0.2) is 11.5 Å². The van der Waals surface area contributed by atoms with Gasteiger partial charge in [-0.2, -0.15) is 0 Å². The first-order valence-electron chi connectivity index (χ1n) is 9.43. The van der Waals surface area contributed by atoms with Crippen LogP contribution in [0.3, 0.4) is 0 Å². The molecule has 0 fully saturated rings. The van der Waals surface area contributed by atoms with Gasteiger partial charge in [-0.25, -0.2) is 0 Å². The van der Waals surface area contributed by atoms with Crippen molar-refractivity contribution in [3.8, 4) is 11.5 Å². The summed E-state index contributed by atoms with van der Waals surface area (Å²) in [4.78, 5) is 16.6. The smallest absolute Gasteiger partial charge is 0.234 e. The summed E-state index contributed by atoms with van der Waals surface area (Å²) in [7, 11) is 7.25. The standard InChI is InChI=1S/C22H31N3O3/c1-6-25(15-17-7-10-19(11-8-17)24(2)3)16-22(26)23-14-18-9-12-20(27-4)21(13-18)28-5/h7-13H,6,14-16H2,1-5H3,(H,23,26). The van der Waals surface area contributed by atoms with E-state index in [9.17, 15) is 4.79 Å². The predicted octanol–water partition coefficient (Wildman–Crippen LogP) is 2.91. The molecule has 0 bridgehead atoms. The molecular weight excluding hydrogens is 354 g/mol. The summed E-state index contributed by atoms with van der Waals surface area (Å²) < 4.78 is 10.5. The van der Waals surface area contributed by atoms with Crippen LogP contribution in [0.15, 0.2) is 42.5 Å². The molecule has 2 aromatic carbocycles. The van der Waals surface area contributed by atoms with Gasteiger partial charge >= 0.3 is 0 Å². The van der Waals surface area contributed by atoms with Gasteiger partial charge in [-0.15, -0.1) is 0 Å². The molecule has 1 amide bonds. The van der Waals surface area contributed by atoms with Crippen molar-refractivity contribution in [3.05, 3.63) is 53.6 Å². The highest BCUT2D eigenvalue weighted by atomic mass is 16.5. The van der Waals surface area contributed by atoms with Crippen LogP contribution in [0.4, 0.5) is 5.69 Å². The van der Waals surface area contributed by atoms with Gasteiger partial charge in [0.1, 0.15) is 0 Å². The van der Waals surface area contributed by atoms with Crippen LogP contribution in [0.1, 0.15) is 18.1 Å². The molecule has 6 nitrogen and oxygen atoms in total. The summed E-state index contributed by atoms with van der Waals surface area (Å²) in [5.74, 6) is 1.34. The normalized spacial score (nSPS) is 10.6. The first-order chi connectivity index (χ1) is 13.5. The lowest BCUT2D eigenvalue weighted by Gasteiger charge is -2.21. The van der Waals surface area contributed by atoms with Crippen molar-refractivity contribution in [2.24, 2.45) is 0 Å². The molecule has 6 heteroatoms. The Morgan fingerprint density at radius 1 is 0.964 bits per heavy atom. The van der Waals surface area contributed by atoms with Crippen molar-refractivity contribution in [2.75, 3.05) is 46.3 Å². The summed E-state index contributed by atoms with van der Waals surface area (Å²) in [6.07, 6.45) is 0. The largest absolute Gasteiger partial charge is 0.493 e. The number of amides is 1. The summed E-state index contributed by atoms with van der Waals surface area (Å²) in [6, 6.07) is 14.1. The molecule has 0 radical (unpaired) electrons. The number of nitrogens with one attached hydrogen (secondary N) is 1. The van der Waals surface area contributed by atoms with Crippen LogP contribution in [-0.4, -0.2) is 52.2 Å². The molecule has 0 aliphatic rings. The van der Waals surface area contributed by atoms with E-state index in [2.05, 4.69) is 46.3 Å². The van der Waals surface area contributed by atoms with Gasteiger partial charge in [0, 0.05) is 32.9 Å². The summed E-state index contributed by atoms with van der Waals surface area (Å²) in [5, 5.41) is 2.98. The second kappa shape index (κ2) is 10.6. The van der Waals surface area contributed by atoms with Crippen molar-refractivity contribution < 1.29 is 14.3 Å². The van der Waals surface area contributed by atoms with Gasteiger partial charge in [0.05, 0.1) is 20.8 Å². The minimum atomic E-state index is 0.00143. The molecule has 0 saturated carbocycles. The number of hydrogen-bond donors (Lipinski definition) is 1. The lowest BCUT2D eigenvalue weighted by atomic mass is 10.2. The van der Waals surface area contributed by atoms with Crippen molar-refractivity contribution in [3.63, 3.8) is 0 Å².